The number of rotatable bonds is 1. The molecule has 1 fully saturated rings. The zero-order valence-electron chi connectivity index (χ0n) is 6.53. The van der Waals surface area contributed by atoms with Crippen LogP contribution in [0, 0.1) is 5.92 Å². The van der Waals surface area contributed by atoms with Crippen molar-refractivity contribution in [2.24, 2.45) is 5.92 Å². The number of carboxylic acid groups (broad SMARTS) is 1. The predicted octanol–water partition coefficient (Wildman–Crippen LogP) is 0.599. The number of hydrogen-bond acceptors (Lipinski definition) is 2. The summed E-state index contributed by atoms with van der Waals surface area (Å²) in [6.45, 7) is 0.925. The van der Waals surface area contributed by atoms with Crippen LogP contribution in [0.4, 0.5) is 0 Å². The highest BCUT2D eigenvalue weighted by molar-refractivity contribution is 5.78. The summed E-state index contributed by atoms with van der Waals surface area (Å²) < 4.78 is 0. The summed E-state index contributed by atoms with van der Waals surface area (Å²) in [6.07, 6.45) is 4.93. The number of hydrogen-bond donors (Lipinski definition) is 1. The zero-order chi connectivity index (χ0) is 8.29. The smallest absolute Gasteiger partial charge is 0.330 e. The molecular formula is C9H9NO2. The third-order valence-corrected chi connectivity index (χ3v) is 2.88. The highest BCUT2D eigenvalue weighted by atomic mass is 16.4. The Labute approximate surface area is 70.0 Å². The van der Waals surface area contributed by atoms with Gasteiger partial charge in [-0.1, -0.05) is 0 Å². The van der Waals surface area contributed by atoms with Crippen LogP contribution in [0.25, 0.3) is 0 Å². The first-order valence-corrected chi connectivity index (χ1v) is 4.18. The van der Waals surface area contributed by atoms with Crippen molar-refractivity contribution < 1.29 is 9.90 Å². The normalized spacial score (nSPS) is 35.5. The number of allylic oxidation sites excluding steroid dienone is 1. The minimum absolute atomic E-state index is 0.389. The van der Waals surface area contributed by atoms with Gasteiger partial charge in [-0.3, -0.25) is 0 Å². The minimum atomic E-state index is -0.733. The van der Waals surface area contributed by atoms with Crippen molar-refractivity contribution >= 4 is 5.97 Å². The van der Waals surface area contributed by atoms with Crippen molar-refractivity contribution in [3.63, 3.8) is 0 Å². The van der Waals surface area contributed by atoms with E-state index in [1.54, 1.807) is 6.08 Å². The summed E-state index contributed by atoms with van der Waals surface area (Å²) in [5.41, 5.74) is 2.66. The van der Waals surface area contributed by atoms with Crippen molar-refractivity contribution in [2.45, 2.75) is 12.5 Å². The summed E-state index contributed by atoms with van der Waals surface area (Å²) in [5.74, 6) is -0.0463. The Morgan fingerprint density at radius 1 is 1.67 bits per heavy atom. The van der Waals surface area contributed by atoms with Crippen molar-refractivity contribution in [3.8, 4) is 0 Å². The van der Waals surface area contributed by atoms with E-state index >= 15 is 0 Å². The maximum Gasteiger partial charge on any atom is 0.330 e. The van der Waals surface area contributed by atoms with Crippen LogP contribution < -0.4 is 0 Å². The topological polar surface area (TPSA) is 40.5 Å². The van der Waals surface area contributed by atoms with Crippen molar-refractivity contribution in [3.05, 3.63) is 23.4 Å². The van der Waals surface area contributed by atoms with Gasteiger partial charge in [0.25, 0.3) is 0 Å². The average molecular weight is 163 g/mol. The van der Waals surface area contributed by atoms with Crippen LogP contribution in [0.3, 0.4) is 0 Å². The molecule has 0 spiro atoms. The molecular weight excluding hydrogens is 154 g/mol. The molecule has 3 nitrogen and oxygen atoms in total. The highest BCUT2D eigenvalue weighted by Gasteiger charge is 2.46. The van der Waals surface area contributed by atoms with Crippen molar-refractivity contribution in [1.82, 2.24) is 4.90 Å². The van der Waals surface area contributed by atoms with Crippen LogP contribution in [0.1, 0.15) is 6.42 Å². The van der Waals surface area contributed by atoms with Gasteiger partial charge in [0.15, 0.2) is 0 Å². The molecule has 0 amide bonds. The molecule has 1 aliphatic carbocycles. The van der Waals surface area contributed by atoms with Gasteiger partial charge < -0.3 is 10.0 Å². The first-order valence-electron chi connectivity index (χ1n) is 4.18. The molecule has 3 rings (SSSR count). The van der Waals surface area contributed by atoms with Gasteiger partial charge in [0.1, 0.15) is 6.04 Å². The molecule has 0 aromatic heterocycles. The molecule has 62 valence electrons. The van der Waals surface area contributed by atoms with Gasteiger partial charge in [-0.05, 0) is 24.1 Å². The number of carbonyl (C=O) groups is 1. The molecule has 3 aliphatic rings. The molecule has 3 heteroatoms. The second kappa shape index (κ2) is 1.73. The first kappa shape index (κ1) is 6.29. The molecule has 12 heavy (non-hydrogen) atoms. The van der Waals surface area contributed by atoms with Crippen LogP contribution >= 0.6 is 0 Å². The second-order valence-electron chi connectivity index (χ2n) is 3.61. The maximum atomic E-state index is 10.8. The van der Waals surface area contributed by atoms with E-state index in [1.807, 2.05) is 11.0 Å². The lowest BCUT2D eigenvalue weighted by Gasteiger charge is -2.21. The molecule has 2 aliphatic heterocycles. The van der Waals surface area contributed by atoms with Gasteiger partial charge in [0.05, 0.1) is 0 Å². The van der Waals surface area contributed by atoms with E-state index in [-0.39, 0.29) is 6.04 Å². The van der Waals surface area contributed by atoms with E-state index in [2.05, 4.69) is 0 Å². The third kappa shape index (κ3) is 0.594. The second-order valence-corrected chi connectivity index (χ2v) is 3.61. The molecule has 2 heterocycles. The average Bonchev–Trinajstić information content (AvgIpc) is 2.54. The van der Waals surface area contributed by atoms with Gasteiger partial charge in [-0.25, -0.2) is 4.79 Å². The lowest BCUT2D eigenvalue weighted by atomic mass is 10.3. The zero-order valence-corrected chi connectivity index (χ0v) is 6.53. The molecule has 1 N–H and O–H groups in total. The minimum Gasteiger partial charge on any atom is -0.479 e. The van der Waals surface area contributed by atoms with Crippen LogP contribution in [-0.4, -0.2) is 28.6 Å². The molecule has 2 unspecified atom stereocenters. The molecule has 1 saturated carbocycles. The fraction of sp³-hybridized carbons (Fsp3) is 0.444. The van der Waals surface area contributed by atoms with Crippen LogP contribution in [-0.2, 0) is 4.79 Å². The van der Waals surface area contributed by atoms with Crippen molar-refractivity contribution in [1.29, 1.82) is 0 Å². The van der Waals surface area contributed by atoms with Gasteiger partial charge >= 0.3 is 5.97 Å². The van der Waals surface area contributed by atoms with Crippen LogP contribution in [0.5, 0.6) is 0 Å². The van der Waals surface area contributed by atoms with Gasteiger partial charge in [-0.2, -0.15) is 0 Å². The maximum absolute atomic E-state index is 10.8. The number of nitrogens with zero attached hydrogens (tertiary/aromatic N) is 1. The summed E-state index contributed by atoms with van der Waals surface area (Å²) in [4.78, 5) is 12.7. The fourth-order valence-corrected chi connectivity index (χ4v) is 2.18. The summed E-state index contributed by atoms with van der Waals surface area (Å²) in [7, 11) is 0. The number of fused-ring (bicyclic) bond motifs is 2. The number of carboxylic acids is 1. The van der Waals surface area contributed by atoms with E-state index in [0.717, 1.165) is 6.54 Å². The largest absolute Gasteiger partial charge is 0.479 e. The SMILES string of the molecule is O=C(O)C1C=CC2=C3CC3CN21. The molecule has 0 radical (unpaired) electrons. The van der Waals surface area contributed by atoms with Crippen LogP contribution in [0.2, 0.25) is 0 Å². The molecule has 0 bridgehead atoms. The monoisotopic (exact) mass is 163 g/mol. The molecule has 0 aromatic rings. The van der Waals surface area contributed by atoms with Gasteiger partial charge in [0, 0.05) is 18.2 Å². The first-order chi connectivity index (χ1) is 5.77. The summed E-state index contributed by atoms with van der Waals surface area (Å²) >= 11 is 0. The molecule has 0 saturated heterocycles. The highest BCUT2D eigenvalue weighted by Crippen LogP contribution is 2.50. The van der Waals surface area contributed by atoms with E-state index in [4.69, 9.17) is 5.11 Å². The fourth-order valence-electron chi connectivity index (χ4n) is 2.18. The lowest BCUT2D eigenvalue weighted by molar-refractivity contribution is -0.140. The predicted molar refractivity (Wildman–Crippen MR) is 42.4 cm³/mol. The quantitative estimate of drug-likeness (QED) is 0.615. The standard InChI is InChI=1S/C9H9NO2/c11-9(12)8-2-1-7-6-3-5(6)4-10(7)8/h1-2,5,8H,3-4H2,(H,11,12). The molecule has 2 atom stereocenters. The molecule has 0 aromatic carbocycles. The van der Waals surface area contributed by atoms with E-state index in [9.17, 15) is 4.79 Å². The Balaban J connectivity index is 1.98. The Morgan fingerprint density at radius 2 is 2.50 bits per heavy atom. The van der Waals surface area contributed by atoms with Crippen molar-refractivity contribution in [2.75, 3.05) is 6.54 Å². The Kier molecular flexibility index (Phi) is 0.908. The van der Waals surface area contributed by atoms with Crippen LogP contribution in [0.15, 0.2) is 23.4 Å². The third-order valence-electron chi connectivity index (χ3n) is 2.88. The summed E-state index contributed by atoms with van der Waals surface area (Å²) in [5, 5.41) is 8.85. The van der Waals surface area contributed by atoms with Gasteiger partial charge in [-0.15, -0.1) is 0 Å². The number of aliphatic carboxylic acids is 1. The Bertz CT molecular complexity index is 329. The Morgan fingerprint density at radius 3 is 3.25 bits per heavy atom. The van der Waals surface area contributed by atoms with E-state index in [0.29, 0.717) is 5.92 Å². The van der Waals surface area contributed by atoms with Gasteiger partial charge in [0.2, 0.25) is 0 Å². The lowest BCUT2D eigenvalue weighted by Crippen LogP contribution is -2.34. The van der Waals surface area contributed by atoms with E-state index < -0.39 is 5.97 Å². The Hall–Kier alpha value is -1.25. The van der Waals surface area contributed by atoms with E-state index in [1.165, 1.54) is 17.7 Å². The summed E-state index contributed by atoms with van der Waals surface area (Å²) in [6, 6.07) is -0.389.